The second kappa shape index (κ2) is 6.64. The molecule has 0 radical (unpaired) electrons. The van der Waals surface area contributed by atoms with Crippen LogP contribution in [0.15, 0.2) is 29.2 Å². The van der Waals surface area contributed by atoms with Gasteiger partial charge in [0.05, 0.1) is 4.90 Å². The third-order valence-electron chi connectivity index (χ3n) is 4.65. The van der Waals surface area contributed by atoms with Gasteiger partial charge in [-0.1, -0.05) is 12.1 Å². The Hall–Kier alpha value is -1.73. The summed E-state index contributed by atoms with van der Waals surface area (Å²) in [5.41, 5.74) is 0.490. The number of carbonyl (C=O) groups is 2. The lowest BCUT2D eigenvalue weighted by Crippen LogP contribution is -2.43. The van der Waals surface area contributed by atoms with Crippen LogP contribution in [0.5, 0.6) is 0 Å². The van der Waals surface area contributed by atoms with Crippen molar-refractivity contribution in [2.24, 2.45) is 5.92 Å². The van der Waals surface area contributed by atoms with Crippen molar-refractivity contribution in [3.63, 3.8) is 0 Å². The number of nitrogens with zero attached hydrogens (tertiary/aromatic N) is 1. The highest BCUT2D eigenvalue weighted by atomic mass is 32.2. The summed E-state index contributed by atoms with van der Waals surface area (Å²) in [6, 6.07) is 6.34. The van der Waals surface area contributed by atoms with Gasteiger partial charge < -0.3 is 5.32 Å². The van der Waals surface area contributed by atoms with Gasteiger partial charge in [-0.05, 0) is 44.7 Å². The molecule has 3 rings (SSSR count). The van der Waals surface area contributed by atoms with Crippen LogP contribution in [-0.4, -0.2) is 43.5 Å². The van der Waals surface area contributed by atoms with Crippen LogP contribution >= 0.6 is 0 Å². The first-order chi connectivity index (χ1) is 11.4. The van der Waals surface area contributed by atoms with E-state index in [9.17, 15) is 18.0 Å². The van der Waals surface area contributed by atoms with E-state index >= 15 is 0 Å². The minimum atomic E-state index is -3.57. The molecule has 7 heteroatoms. The molecule has 0 aromatic heterocycles. The van der Waals surface area contributed by atoms with Gasteiger partial charge in [0.1, 0.15) is 0 Å². The van der Waals surface area contributed by atoms with Gasteiger partial charge in [0.25, 0.3) is 0 Å². The summed E-state index contributed by atoms with van der Waals surface area (Å²) in [7, 11) is -3.57. The largest absolute Gasteiger partial charge is 0.353 e. The van der Waals surface area contributed by atoms with Crippen molar-refractivity contribution in [1.82, 2.24) is 9.62 Å². The van der Waals surface area contributed by atoms with Crippen molar-refractivity contribution < 1.29 is 18.0 Å². The fraction of sp³-hybridized carbons (Fsp3) is 0.529. The summed E-state index contributed by atoms with van der Waals surface area (Å²) in [4.78, 5) is 23.5. The first-order valence-electron chi connectivity index (χ1n) is 8.29. The SMILES string of the molecule is CC(=O)c1ccc(S(=O)(=O)N2CCC(C(=O)NC3CC3)CC2)cc1. The van der Waals surface area contributed by atoms with Crippen LogP contribution < -0.4 is 5.32 Å². The Morgan fingerprint density at radius 1 is 1.04 bits per heavy atom. The van der Waals surface area contributed by atoms with E-state index < -0.39 is 10.0 Å². The summed E-state index contributed by atoms with van der Waals surface area (Å²) in [5.74, 6) is -0.140. The molecule has 130 valence electrons. The fourth-order valence-electron chi connectivity index (χ4n) is 2.92. The second-order valence-electron chi connectivity index (χ2n) is 6.54. The highest BCUT2D eigenvalue weighted by molar-refractivity contribution is 7.89. The minimum Gasteiger partial charge on any atom is -0.353 e. The molecule has 2 aliphatic rings. The molecule has 1 saturated carbocycles. The predicted octanol–water partition coefficient (Wildman–Crippen LogP) is 1.57. The number of ketones is 1. The number of Topliss-reactive ketones (excluding diaryl/α,β-unsaturated/α-hetero) is 1. The van der Waals surface area contributed by atoms with Crippen molar-refractivity contribution in [3.05, 3.63) is 29.8 Å². The molecule has 2 fully saturated rings. The molecular formula is C17H22N2O4S. The number of nitrogens with one attached hydrogen (secondary N) is 1. The smallest absolute Gasteiger partial charge is 0.243 e. The molecule has 0 bridgehead atoms. The Kier molecular flexibility index (Phi) is 4.73. The molecule has 1 N–H and O–H groups in total. The number of benzene rings is 1. The third kappa shape index (κ3) is 3.67. The maximum absolute atomic E-state index is 12.7. The zero-order chi connectivity index (χ0) is 17.3. The average molecular weight is 350 g/mol. The molecule has 24 heavy (non-hydrogen) atoms. The van der Waals surface area contributed by atoms with Crippen molar-refractivity contribution in [2.45, 2.75) is 43.5 Å². The van der Waals surface area contributed by atoms with Crippen LogP contribution in [0.25, 0.3) is 0 Å². The summed E-state index contributed by atoms with van der Waals surface area (Å²) in [6.45, 7) is 2.14. The average Bonchev–Trinajstić information content (AvgIpc) is 3.39. The number of amides is 1. The molecule has 1 amide bonds. The molecule has 0 unspecified atom stereocenters. The Morgan fingerprint density at radius 2 is 1.62 bits per heavy atom. The van der Waals surface area contributed by atoms with Crippen molar-refractivity contribution >= 4 is 21.7 Å². The van der Waals surface area contributed by atoms with Gasteiger partial charge in [0, 0.05) is 30.6 Å². The number of piperidine rings is 1. The zero-order valence-electron chi connectivity index (χ0n) is 13.7. The molecule has 0 atom stereocenters. The Balaban J connectivity index is 1.63. The topological polar surface area (TPSA) is 83.6 Å². The molecular weight excluding hydrogens is 328 g/mol. The quantitative estimate of drug-likeness (QED) is 0.817. The standard InChI is InChI=1S/C17H22N2O4S/c1-12(20)13-2-6-16(7-3-13)24(22,23)19-10-8-14(9-11-19)17(21)18-15-4-5-15/h2-3,6-7,14-15H,4-5,8-11H2,1H3,(H,18,21). The maximum atomic E-state index is 12.7. The van der Waals surface area contributed by atoms with Crippen molar-refractivity contribution in [3.8, 4) is 0 Å². The van der Waals surface area contributed by atoms with Crippen LogP contribution in [0.4, 0.5) is 0 Å². The van der Waals surface area contributed by atoms with Crippen LogP contribution in [-0.2, 0) is 14.8 Å². The normalized spacial score (nSPS) is 19.9. The summed E-state index contributed by atoms with van der Waals surface area (Å²) in [6.07, 6.45) is 3.19. The maximum Gasteiger partial charge on any atom is 0.243 e. The highest BCUT2D eigenvalue weighted by Crippen LogP contribution is 2.26. The van der Waals surface area contributed by atoms with E-state index in [4.69, 9.17) is 0 Å². The third-order valence-corrected chi connectivity index (χ3v) is 6.56. The summed E-state index contributed by atoms with van der Waals surface area (Å²) in [5, 5.41) is 2.99. The van der Waals surface area contributed by atoms with Crippen LogP contribution in [0, 0.1) is 5.92 Å². The fourth-order valence-corrected chi connectivity index (χ4v) is 4.39. The van der Waals surface area contributed by atoms with E-state index in [1.807, 2.05) is 0 Å². The van der Waals surface area contributed by atoms with Crippen LogP contribution in [0.3, 0.4) is 0 Å². The zero-order valence-corrected chi connectivity index (χ0v) is 14.5. The van der Waals surface area contributed by atoms with E-state index in [2.05, 4.69) is 5.32 Å². The van der Waals surface area contributed by atoms with Crippen molar-refractivity contribution in [1.29, 1.82) is 0 Å². The minimum absolute atomic E-state index is 0.0559. The number of hydrogen-bond donors (Lipinski definition) is 1. The van der Waals surface area contributed by atoms with Gasteiger partial charge in [0.15, 0.2) is 5.78 Å². The summed E-state index contributed by atoms with van der Waals surface area (Å²) >= 11 is 0. The lowest BCUT2D eigenvalue weighted by molar-refractivity contribution is -0.126. The predicted molar refractivity (Wildman–Crippen MR) is 89.1 cm³/mol. The van der Waals surface area contributed by atoms with Gasteiger partial charge in [-0.3, -0.25) is 9.59 Å². The first kappa shape index (κ1) is 17.1. The van der Waals surface area contributed by atoms with Crippen LogP contribution in [0.2, 0.25) is 0 Å². The molecule has 1 aromatic rings. The second-order valence-corrected chi connectivity index (χ2v) is 8.48. The lowest BCUT2D eigenvalue weighted by Gasteiger charge is -2.30. The van der Waals surface area contributed by atoms with E-state index in [0.29, 0.717) is 37.5 Å². The first-order valence-corrected chi connectivity index (χ1v) is 9.73. The van der Waals surface area contributed by atoms with E-state index in [1.165, 1.54) is 35.5 Å². The van der Waals surface area contributed by atoms with E-state index in [1.54, 1.807) is 0 Å². The van der Waals surface area contributed by atoms with Gasteiger partial charge in [0.2, 0.25) is 15.9 Å². The Labute approximate surface area is 142 Å². The molecule has 1 aliphatic carbocycles. The molecule has 1 heterocycles. The van der Waals surface area contributed by atoms with Gasteiger partial charge in [-0.25, -0.2) is 8.42 Å². The Bertz CT molecular complexity index is 730. The lowest BCUT2D eigenvalue weighted by atomic mass is 9.97. The van der Waals surface area contributed by atoms with Crippen LogP contribution in [0.1, 0.15) is 43.0 Å². The van der Waals surface area contributed by atoms with Gasteiger partial charge >= 0.3 is 0 Å². The Morgan fingerprint density at radius 3 is 2.12 bits per heavy atom. The molecule has 0 spiro atoms. The number of hydrogen-bond acceptors (Lipinski definition) is 4. The van der Waals surface area contributed by atoms with Crippen molar-refractivity contribution in [2.75, 3.05) is 13.1 Å². The molecule has 6 nitrogen and oxygen atoms in total. The number of rotatable bonds is 5. The number of carbonyl (C=O) groups excluding carboxylic acids is 2. The van der Waals surface area contributed by atoms with Gasteiger partial charge in [-0.15, -0.1) is 0 Å². The highest BCUT2D eigenvalue weighted by Gasteiger charge is 2.34. The van der Waals surface area contributed by atoms with E-state index in [0.717, 1.165) is 12.8 Å². The van der Waals surface area contributed by atoms with Gasteiger partial charge in [-0.2, -0.15) is 4.31 Å². The summed E-state index contributed by atoms with van der Waals surface area (Å²) < 4.78 is 26.8. The monoisotopic (exact) mass is 350 g/mol. The molecule has 1 aromatic carbocycles. The number of sulfonamides is 1. The van der Waals surface area contributed by atoms with E-state index in [-0.39, 0.29) is 22.5 Å². The molecule has 1 saturated heterocycles. The molecule has 1 aliphatic heterocycles.